The van der Waals surface area contributed by atoms with Gasteiger partial charge in [-0.3, -0.25) is 0 Å². The summed E-state index contributed by atoms with van der Waals surface area (Å²) in [7, 11) is 0. The summed E-state index contributed by atoms with van der Waals surface area (Å²) in [4.78, 5) is 0. The molecule has 0 aromatic heterocycles. The van der Waals surface area contributed by atoms with Crippen molar-refractivity contribution in [2.24, 2.45) is 0 Å². The lowest BCUT2D eigenvalue weighted by molar-refractivity contribution is -0.298. The molecule has 7 nitrogen and oxygen atoms in total. The Morgan fingerprint density at radius 1 is 1.00 bits per heavy atom. The third-order valence-electron chi connectivity index (χ3n) is 2.19. The van der Waals surface area contributed by atoms with E-state index in [1.165, 1.54) is 0 Å². The van der Waals surface area contributed by atoms with E-state index in [1.807, 2.05) is 0 Å². The number of rotatable bonds is 2. The third kappa shape index (κ3) is 2.04. The van der Waals surface area contributed by atoms with Crippen molar-refractivity contribution >= 4 is 0 Å². The minimum atomic E-state index is -1.69. The van der Waals surface area contributed by atoms with Gasteiger partial charge in [0.1, 0.15) is 30.5 Å². The van der Waals surface area contributed by atoms with E-state index in [2.05, 4.69) is 4.74 Å². The van der Waals surface area contributed by atoms with Gasteiger partial charge in [0.2, 0.25) is 0 Å². The highest BCUT2D eigenvalue weighted by molar-refractivity contribution is 4.91. The van der Waals surface area contributed by atoms with Crippen LogP contribution in [0.4, 0.5) is 0 Å². The average Bonchev–Trinajstić information content (AvgIpc) is 2.19. The molecule has 1 rings (SSSR count). The fourth-order valence-electron chi connectivity index (χ4n) is 1.31. The van der Waals surface area contributed by atoms with Gasteiger partial charge in [0, 0.05) is 0 Å². The van der Waals surface area contributed by atoms with Gasteiger partial charge in [0.25, 0.3) is 0 Å². The van der Waals surface area contributed by atoms with Crippen molar-refractivity contribution < 1.29 is 35.4 Å². The second-order valence-electron chi connectivity index (χ2n) is 3.21. The molecule has 0 aromatic rings. The number of ether oxygens (including phenoxy) is 1. The van der Waals surface area contributed by atoms with Crippen molar-refractivity contribution in [3.05, 3.63) is 0 Å². The molecule has 6 N–H and O–H groups in total. The van der Waals surface area contributed by atoms with Gasteiger partial charge in [0.15, 0.2) is 6.29 Å². The van der Waals surface area contributed by atoms with Crippen LogP contribution < -0.4 is 0 Å². The van der Waals surface area contributed by atoms with Crippen LogP contribution in [0.15, 0.2) is 0 Å². The average molecular weight is 210 g/mol. The van der Waals surface area contributed by atoms with Crippen molar-refractivity contribution in [1.82, 2.24) is 0 Å². The Bertz CT molecular complexity index is 187. The lowest BCUT2D eigenvalue weighted by Gasteiger charge is -2.39. The van der Waals surface area contributed by atoms with Gasteiger partial charge in [-0.05, 0) is 0 Å². The molecule has 0 amide bonds. The second-order valence-corrected chi connectivity index (χ2v) is 3.21. The van der Waals surface area contributed by atoms with E-state index in [-0.39, 0.29) is 0 Å². The molecule has 1 fully saturated rings. The number of aliphatic hydroxyl groups is 6. The summed E-state index contributed by atoms with van der Waals surface area (Å²) in [5, 5.41) is 54.3. The van der Waals surface area contributed by atoms with Gasteiger partial charge < -0.3 is 35.4 Å². The monoisotopic (exact) mass is 210 g/mol. The van der Waals surface area contributed by atoms with Gasteiger partial charge in [-0.1, -0.05) is 0 Å². The molecule has 0 spiro atoms. The zero-order valence-electron chi connectivity index (χ0n) is 7.26. The zero-order chi connectivity index (χ0) is 10.9. The van der Waals surface area contributed by atoms with E-state index in [0.29, 0.717) is 0 Å². The molecule has 7 heteroatoms. The summed E-state index contributed by atoms with van der Waals surface area (Å²) in [6.07, 6.45) is -9.26. The topological polar surface area (TPSA) is 131 Å². The first kappa shape index (κ1) is 11.8. The first-order valence-corrected chi connectivity index (χ1v) is 4.15. The SMILES string of the molecule is OC[C@H](O)[C@@H]1O[C@H](O)[C@@H](O)[C@H](O)[C@H]1O. The van der Waals surface area contributed by atoms with Crippen molar-refractivity contribution in [3.8, 4) is 0 Å². The van der Waals surface area contributed by atoms with Crippen LogP contribution in [0.1, 0.15) is 0 Å². The fourth-order valence-corrected chi connectivity index (χ4v) is 1.31. The molecule has 0 saturated carbocycles. The number of hydrogen-bond acceptors (Lipinski definition) is 7. The highest BCUT2D eigenvalue weighted by atomic mass is 16.6. The van der Waals surface area contributed by atoms with Crippen LogP contribution in [0.5, 0.6) is 0 Å². The second kappa shape index (κ2) is 4.49. The van der Waals surface area contributed by atoms with Gasteiger partial charge in [-0.25, -0.2) is 0 Å². The van der Waals surface area contributed by atoms with E-state index in [0.717, 1.165) is 0 Å². The smallest absolute Gasteiger partial charge is 0.184 e. The Hall–Kier alpha value is -0.280. The molecular formula is C7H14O7. The van der Waals surface area contributed by atoms with Gasteiger partial charge in [-0.15, -0.1) is 0 Å². The third-order valence-corrected chi connectivity index (χ3v) is 2.19. The largest absolute Gasteiger partial charge is 0.394 e. The first-order valence-electron chi connectivity index (χ1n) is 4.15. The molecule has 0 unspecified atom stereocenters. The molecule has 0 aliphatic carbocycles. The maximum absolute atomic E-state index is 9.31. The van der Waals surface area contributed by atoms with E-state index in [1.54, 1.807) is 0 Å². The van der Waals surface area contributed by atoms with Gasteiger partial charge in [-0.2, -0.15) is 0 Å². The minimum absolute atomic E-state index is 0.683. The molecule has 0 bridgehead atoms. The fraction of sp³-hybridized carbons (Fsp3) is 1.00. The lowest BCUT2D eigenvalue weighted by atomic mass is 9.96. The maximum atomic E-state index is 9.31. The summed E-state index contributed by atoms with van der Waals surface area (Å²) in [5.74, 6) is 0. The molecule has 1 aliphatic heterocycles. The summed E-state index contributed by atoms with van der Waals surface area (Å²) in [6.45, 7) is -0.683. The summed E-state index contributed by atoms with van der Waals surface area (Å²) in [5.41, 5.74) is 0. The highest BCUT2D eigenvalue weighted by Gasteiger charge is 2.45. The van der Waals surface area contributed by atoms with Crippen LogP contribution in [0, 0.1) is 0 Å². The number of aliphatic hydroxyl groups excluding tert-OH is 6. The molecule has 1 aliphatic rings. The van der Waals surface area contributed by atoms with Crippen molar-refractivity contribution in [1.29, 1.82) is 0 Å². The molecular weight excluding hydrogens is 196 g/mol. The van der Waals surface area contributed by atoms with Gasteiger partial charge in [0.05, 0.1) is 6.61 Å². The molecule has 0 radical (unpaired) electrons. The molecule has 0 aromatic carbocycles. The van der Waals surface area contributed by atoms with Crippen LogP contribution in [0.3, 0.4) is 0 Å². The maximum Gasteiger partial charge on any atom is 0.184 e. The lowest BCUT2D eigenvalue weighted by Crippen LogP contribution is -2.61. The van der Waals surface area contributed by atoms with Crippen molar-refractivity contribution in [2.45, 2.75) is 36.8 Å². The Morgan fingerprint density at radius 2 is 1.57 bits per heavy atom. The normalized spacial score (nSPS) is 46.3. The molecule has 1 heterocycles. The molecule has 6 atom stereocenters. The van der Waals surface area contributed by atoms with E-state index < -0.39 is 43.4 Å². The predicted molar refractivity (Wildman–Crippen MR) is 42.0 cm³/mol. The van der Waals surface area contributed by atoms with E-state index in [4.69, 9.17) is 20.4 Å². The van der Waals surface area contributed by atoms with Crippen molar-refractivity contribution in [2.75, 3.05) is 6.61 Å². The Kier molecular flexibility index (Phi) is 3.78. The molecule has 1 saturated heterocycles. The van der Waals surface area contributed by atoms with Crippen LogP contribution in [-0.2, 0) is 4.74 Å². The van der Waals surface area contributed by atoms with Gasteiger partial charge >= 0.3 is 0 Å². The molecule has 14 heavy (non-hydrogen) atoms. The van der Waals surface area contributed by atoms with Crippen LogP contribution in [-0.4, -0.2) is 74.1 Å². The molecule has 84 valence electrons. The van der Waals surface area contributed by atoms with Crippen molar-refractivity contribution in [3.63, 3.8) is 0 Å². The highest BCUT2D eigenvalue weighted by Crippen LogP contribution is 2.21. The number of hydrogen-bond donors (Lipinski definition) is 6. The zero-order valence-corrected chi connectivity index (χ0v) is 7.26. The standard InChI is InChI=1S/C7H14O7/c8-1-2(9)6-4(11)3(10)5(12)7(13)14-6/h2-13H,1H2/t2-,3+,4+,5-,6-,7-/m0/s1. The Labute approximate surface area is 79.8 Å². The summed E-state index contributed by atoms with van der Waals surface area (Å²) in [6, 6.07) is 0. The van der Waals surface area contributed by atoms with Crippen LogP contribution >= 0.6 is 0 Å². The first-order chi connectivity index (χ1) is 6.49. The summed E-state index contributed by atoms with van der Waals surface area (Å²) >= 11 is 0. The van der Waals surface area contributed by atoms with E-state index >= 15 is 0 Å². The Morgan fingerprint density at radius 3 is 2.07 bits per heavy atom. The Balaban J connectivity index is 2.70. The minimum Gasteiger partial charge on any atom is -0.394 e. The van der Waals surface area contributed by atoms with Crippen LogP contribution in [0.25, 0.3) is 0 Å². The predicted octanol–water partition coefficient (Wildman–Crippen LogP) is -3.86. The summed E-state index contributed by atoms with van der Waals surface area (Å²) < 4.78 is 4.62. The van der Waals surface area contributed by atoms with E-state index in [9.17, 15) is 10.2 Å². The quantitative estimate of drug-likeness (QED) is 0.275. The van der Waals surface area contributed by atoms with Crippen LogP contribution in [0.2, 0.25) is 0 Å².